The molecule has 0 saturated carbocycles. The zero-order chi connectivity index (χ0) is 21.6. The van der Waals surface area contributed by atoms with Gasteiger partial charge in [0.1, 0.15) is 5.82 Å². The van der Waals surface area contributed by atoms with Gasteiger partial charge in [0.15, 0.2) is 5.82 Å². The number of carbonyl (C=O) groups is 1. The molecule has 0 unspecified atom stereocenters. The summed E-state index contributed by atoms with van der Waals surface area (Å²) >= 11 is 0. The topological polar surface area (TPSA) is 58.1 Å². The van der Waals surface area contributed by atoms with Crippen molar-refractivity contribution in [3.05, 3.63) is 77.6 Å². The summed E-state index contributed by atoms with van der Waals surface area (Å²) in [4.78, 5) is 14.7. The first-order valence-corrected chi connectivity index (χ1v) is 10.8. The molecule has 160 valence electrons. The zero-order valence-corrected chi connectivity index (χ0v) is 17.7. The predicted octanol–water partition coefficient (Wildman–Crippen LogP) is 4.17. The van der Waals surface area contributed by atoms with Gasteiger partial charge >= 0.3 is 0 Å². The minimum Gasteiger partial charge on any atom is -0.356 e. The molecule has 0 aliphatic carbocycles. The van der Waals surface area contributed by atoms with E-state index in [2.05, 4.69) is 39.5 Å². The van der Waals surface area contributed by atoms with Gasteiger partial charge in [-0.25, -0.2) is 4.39 Å². The van der Waals surface area contributed by atoms with Gasteiger partial charge in [-0.1, -0.05) is 36.4 Å². The van der Waals surface area contributed by atoms with Crippen LogP contribution in [0, 0.1) is 18.7 Å². The highest BCUT2D eigenvalue weighted by atomic mass is 19.1. The molecule has 1 amide bonds. The molecular weight excluding hydrogens is 391 g/mol. The third-order valence-corrected chi connectivity index (χ3v) is 5.89. The van der Waals surface area contributed by atoms with Crippen LogP contribution in [0.3, 0.4) is 0 Å². The van der Waals surface area contributed by atoms with Crippen LogP contribution in [0.4, 0.5) is 10.2 Å². The van der Waals surface area contributed by atoms with E-state index < -0.39 is 0 Å². The van der Waals surface area contributed by atoms with E-state index in [4.69, 9.17) is 0 Å². The molecule has 0 atom stereocenters. The third-order valence-electron chi connectivity index (χ3n) is 5.89. The van der Waals surface area contributed by atoms with Gasteiger partial charge in [0.25, 0.3) is 0 Å². The van der Waals surface area contributed by atoms with Crippen LogP contribution in [-0.4, -0.2) is 35.7 Å². The third kappa shape index (κ3) is 5.26. The molecule has 6 heteroatoms. The molecule has 2 heterocycles. The summed E-state index contributed by atoms with van der Waals surface area (Å²) < 4.78 is 13.0. The molecule has 2 aromatic carbocycles. The number of aryl methyl sites for hydroxylation is 1. The minimum absolute atomic E-state index is 0.0173. The number of nitrogens with one attached hydrogen (secondary N) is 1. The number of aromatic nitrogens is 2. The Morgan fingerprint density at radius 1 is 1.03 bits per heavy atom. The van der Waals surface area contributed by atoms with Gasteiger partial charge in [-0.2, -0.15) is 0 Å². The Balaban J connectivity index is 1.26. The van der Waals surface area contributed by atoms with Crippen LogP contribution in [0.2, 0.25) is 0 Å². The van der Waals surface area contributed by atoms with Crippen molar-refractivity contribution in [3.63, 3.8) is 0 Å². The van der Waals surface area contributed by atoms with E-state index in [-0.39, 0.29) is 17.6 Å². The fourth-order valence-corrected chi connectivity index (χ4v) is 3.99. The Morgan fingerprint density at radius 2 is 1.77 bits per heavy atom. The molecule has 5 nitrogen and oxygen atoms in total. The number of amides is 1. The van der Waals surface area contributed by atoms with Crippen molar-refractivity contribution in [1.82, 2.24) is 15.5 Å². The summed E-state index contributed by atoms with van der Waals surface area (Å²) in [7, 11) is 0. The Labute approximate surface area is 182 Å². The highest BCUT2D eigenvalue weighted by Crippen LogP contribution is 2.25. The average molecular weight is 419 g/mol. The number of rotatable bonds is 6. The van der Waals surface area contributed by atoms with Gasteiger partial charge in [0.2, 0.25) is 5.91 Å². The number of hydrogen-bond donors (Lipinski definition) is 1. The lowest BCUT2D eigenvalue weighted by molar-refractivity contribution is -0.125. The molecule has 1 saturated heterocycles. The molecule has 0 bridgehead atoms. The van der Waals surface area contributed by atoms with E-state index in [1.54, 1.807) is 12.1 Å². The number of nitrogens with zero attached hydrogens (tertiary/aromatic N) is 3. The quantitative estimate of drug-likeness (QED) is 0.653. The first kappa shape index (κ1) is 21.0. The summed E-state index contributed by atoms with van der Waals surface area (Å²) in [5, 5.41) is 11.9. The molecule has 1 aliphatic heterocycles. The monoisotopic (exact) mass is 418 g/mol. The van der Waals surface area contributed by atoms with Crippen LogP contribution in [0.25, 0.3) is 11.3 Å². The summed E-state index contributed by atoms with van der Waals surface area (Å²) in [5.41, 5.74) is 4.16. The second kappa shape index (κ2) is 9.69. The van der Waals surface area contributed by atoms with E-state index in [0.29, 0.717) is 13.0 Å². The van der Waals surface area contributed by atoms with Crippen molar-refractivity contribution in [2.45, 2.75) is 26.2 Å². The van der Waals surface area contributed by atoms with Crippen LogP contribution >= 0.6 is 0 Å². The van der Waals surface area contributed by atoms with Crippen LogP contribution in [0.1, 0.15) is 24.0 Å². The molecule has 1 fully saturated rings. The lowest BCUT2D eigenvalue weighted by Gasteiger charge is -2.31. The van der Waals surface area contributed by atoms with Crippen molar-refractivity contribution in [1.29, 1.82) is 0 Å². The number of benzene rings is 2. The number of hydrogen-bond acceptors (Lipinski definition) is 4. The van der Waals surface area contributed by atoms with Crippen LogP contribution in [-0.2, 0) is 11.2 Å². The number of halogens is 1. The lowest BCUT2D eigenvalue weighted by Crippen LogP contribution is -2.41. The fraction of sp³-hybridized carbons (Fsp3) is 0.320. The molecule has 4 rings (SSSR count). The molecule has 1 aliphatic rings. The van der Waals surface area contributed by atoms with Gasteiger partial charge in [-0.3, -0.25) is 4.79 Å². The molecule has 1 aromatic heterocycles. The van der Waals surface area contributed by atoms with Crippen molar-refractivity contribution < 1.29 is 9.18 Å². The van der Waals surface area contributed by atoms with E-state index in [9.17, 15) is 9.18 Å². The summed E-state index contributed by atoms with van der Waals surface area (Å²) in [6, 6.07) is 18.6. The van der Waals surface area contributed by atoms with Gasteiger partial charge in [-0.15, -0.1) is 10.2 Å². The lowest BCUT2D eigenvalue weighted by atomic mass is 9.96. The normalized spacial score (nSPS) is 14.5. The Bertz CT molecular complexity index is 1010. The number of carbonyl (C=O) groups excluding carboxylic acids is 1. The van der Waals surface area contributed by atoms with Crippen molar-refractivity contribution in [3.8, 4) is 11.3 Å². The maximum absolute atomic E-state index is 13.0. The van der Waals surface area contributed by atoms with Crippen molar-refractivity contribution in [2.24, 2.45) is 5.92 Å². The van der Waals surface area contributed by atoms with Crippen LogP contribution in [0.5, 0.6) is 0 Å². The molecule has 0 spiro atoms. The van der Waals surface area contributed by atoms with E-state index in [1.165, 1.54) is 17.7 Å². The molecular formula is C25H27FN4O. The maximum atomic E-state index is 13.0. The Kier molecular flexibility index (Phi) is 6.55. The molecule has 31 heavy (non-hydrogen) atoms. The first-order valence-electron chi connectivity index (χ1n) is 10.8. The smallest absolute Gasteiger partial charge is 0.223 e. The summed E-state index contributed by atoms with van der Waals surface area (Å²) in [5.74, 6) is 0.730. The molecule has 1 N–H and O–H groups in total. The van der Waals surface area contributed by atoms with Crippen molar-refractivity contribution in [2.75, 3.05) is 24.5 Å². The van der Waals surface area contributed by atoms with Gasteiger partial charge in [0.05, 0.1) is 5.69 Å². The molecule has 0 radical (unpaired) electrons. The van der Waals surface area contributed by atoms with E-state index in [1.807, 2.05) is 24.3 Å². The standard InChI is InChI=1S/C25H27FN4O/c1-18-4-2-3-5-22(18)23-10-11-24(29-28-23)30-16-13-20(14-17-30)25(31)27-15-12-19-6-8-21(26)9-7-19/h2-11,20H,12-17H2,1H3,(H,27,31). The van der Waals surface area contributed by atoms with Gasteiger partial charge in [-0.05, 0) is 61.6 Å². The fourth-order valence-electron chi connectivity index (χ4n) is 3.99. The highest BCUT2D eigenvalue weighted by Gasteiger charge is 2.25. The highest BCUT2D eigenvalue weighted by molar-refractivity contribution is 5.79. The summed E-state index contributed by atoms with van der Waals surface area (Å²) in [6.07, 6.45) is 2.29. The van der Waals surface area contributed by atoms with Crippen LogP contribution in [0.15, 0.2) is 60.7 Å². The summed E-state index contributed by atoms with van der Waals surface area (Å²) in [6.45, 7) is 4.21. The maximum Gasteiger partial charge on any atom is 0.223 e. The minimum atomic E-state index is -0.242. The average Bonchev–Trinajstić information content (AvgIpc) is 2.81. The van der Waals surface area contributed by atoms with Crippen LogP contribution < -0.4 is 10.2 Å². The first-order chi connectivity index (χ1) is 15.1. The second-order valence-electron chi connectivity index (χ2n) is 8.02. The van der Waals surface area contributed by atoms with Gasteiger partial charge < -0.3 is 10.2 Å². The molecule has 3 aromatic rings. The predicted molar refractivity (Wildman–Crippen MR) is 120 cm³/mol. The van der Waals surface area contributed by atoms with Crippen molar-refractivity contribution >= 4 is 11.7 Å². The van der Waals surface area contributed by atoms with Gasteiger partial charge in [0, 0.05) is 31.1 Å². The second-order valence-corrected chi connectivity index (χ2v) is 8.02. The van der Waals surface area contributed by atoms with E-state index in [0.717, 1.165) is 48.6 Å². The SMILES string of the molecule is Cc1ccccc1-c1ccc(N2CCC(C(=O)NCCc3ccc(F)cc3)CC2)nn1. The Morgan fingerprint density at radius 3 is 2.45 bits per heavy atom. The Hall–Kier alpha value is -3.28. The largest absolute Gasteiger partial charge is 0.356 e. The van der Waals surface area contributed by atoms with E-state index >= 15 is 0 Å². The number of anilines is 1. The zero-order valence-electron chi connectivity index (χ0n) is 17.7. The number of piperidine rings is 1.